The number of fused-ring (bicyclic) bond motifs is 3. The maximum atomic E-state index is 13.8. The van der Waals surface area contributed by atoms with E-state index in [0.717, 1.165) is 22.1 Å². The average molecular weight is 444 g/mol. The standard InChI is InChI=1S/C23H23ClFN3O3/c1-12-6-13(2-3-19(12)25)21-11-30-5-4-28(21)23(29)15-7-14-16-9-31-10-17(16)22(26)27-20(14)8-18(15)24/h2-3,6-8,21,23,29H,4-5,9-11H2,1H3,(H2,26,27). The minimum Gasteiger partial charge on any atom is -0.383 e. The van der Waals surface area contributed by atoms with Crippen LogP contribution >= 0.6 is 11.6 Å². The van der Waals surface area contributed by atoms with Gasteiger partial charge >= 0.3 is 0 Å². The van der Waals surface area contributed by atoms with Gasteiger partial charge in [-0.05, 0) is 41.8 Å². The molecule has 1 aromatic heterocycles. The van der Waals surface area contributed by atoms with Crippen LogP contribution in [-0.2, 0) is 22.7 Å². The van der Waals surface area contributed by atoms with Crippen LogP contribution in [0.5, 0.6) is 0 Å². The van der Waals surface area contributed by atoms with Gasteiger partial charge in [0.25, 0.3) is 0 Å². The molecule has 2 aliphatic rings. The molecule has 3 aromatic rings. The van der Waals surface area contributed by atoms with Crippen LogP contribution < -0.4 is 5.73 Å². The van der Waals surface area contributed by atoms with Gasteiger partial charge < -0.3 is 20.3 Å². The largest absolute Gasteiger partial charge is 0.383 e. The lowest BCUT2D eigenvalue weighted by Crippen LogP contribution is -2.42. The van der Waals surface area contributed by atoms with Crippen LogP contribution in [0.1, 0.15) is 40.1 Å². The summed E-state index contributed by atoms with van der Waals surface area (Å²) in [5.74, 6) is 0.192. The topological polar surface area (TPSA) is 80.8 Å². The maximum Gasteiger partial charge on any atom is 0.135 e. The highest BCUT2D eigenvalue weighted by molar-refractivity contribution is 6.32. The number of aliphatic hydroxyl groups is 1. The lowest BCUT2D eigenvalue weighted by atomic mass is 9.99. The van der Waals surface area contributed by atoms with Gasteiger partial charge in [0.1, 0.15) is 17.9 Å². The first-order chi connectivity index (χ1) is 14.9. The van der Waals surface area contributed by atoms with Gasteiger partial charge in [-0.3, -0.25) is 4.90 Å². The molecule has 1 saturated heterocycles. The molecule has 1 fully saturated rings. The summed E-state index contributed by atoms with van der Waals surface area (Å²) in [6.07, 6.45) is -0.966. The van der Waals surface area contributed by atoms with Crippen molar-refractivity contribution in [2.24, 2.45) is 0 Å². The number of nitrogen functional groups attached to an aromatic ring is 1. The highest BCUT2D eigenvalue weighted by Gasteiger charge is 2.32. The summed E-state index contributed by atoms with van der Waals surface area (Å²) in [6.45, 7) is 4.00. The second-order valence-corrected chi connectivity index (χ2v) is 8.46. The second kappa shape index (κ2) is 8.00. The number of nitrogens with two attached hydrogens (primary N) is 1. The van der Waals surface area contributed by atoms with Crippen molar-refractivity contribution in [3.63, 3.8) is 0 Å². The normalized spacial score (nSPS) is 20.2. The third-order valence-electron chi connectivity index (χ3n) is 6.18. The minimum absolute atomic E-state index is 0.228. The Hall–Kier alpha value is -2.29. The zero-order chi connectivity index (χ0) is 21.7. The molecule has 0 amide bonds. The molecule has 2 atom stereocenters. The molecule has 3 N–H and O–H groups in total. The maximum absolute atomic E-state index is 13.8. The Morgan fingerprint density at radius 1 is 1.23 bits per heavy atom. The Morgan fingerprint density at radius 2 is 2.03 bits per heavy atom. The molecule has 2 aliphatic heterocycles. The molecule has 162 valence electrons. The van der Waals surface area contributed by atoms with Crippen LogP contribution in [0.4, 0.5) is 10.2 Å². The molecule has 31 heavy (non-hydrogen) atoms. The molecular formula is C23H23ClFN3O3. The van der Waals surface area contributed by atoms with Crippen LogP contribution in [-0.4, -0.2) is 34.7 Å². The Morgan fingerprint density at radius 3 is 2.84 bits per heavy atom. The average Bonchev–Trinajstić information content (AvgIpc) is 3.26. The summed E-state index contributed by atoms with van der Waals surface area (Å²) in [5.41, 5.74) is 10.7. The fraction of sp³-hybridized carbons (Fsp3) is 0.348. The molecule has 3 heterocycles. The molecule has 0 aliphatic carbocycles. The summed E-state index contributed by atoms with van der Waals surface area (Å²) >= 11 is 6.58. The minimum atomic E-state index is -0.966. The van der Waals surface area contributed by atoms with Crippen LogP contribution in [0, 0.1) is 12.7 Å². The molecule has 2 unspecified atom stereocenters. The molecule has 0 saturated carbocycles. The van der Waals surface area contributed by atoms with Crippen molar-refractivity contribution in [3.05, 3.63) is 69.0 Å². The summed E-state index contributed by atoms with van der Waals surface area (Å²) in [5, 5.41) is 12.7. The number of benzene rings is 2. The molecule has 0 radical (unpaired) electrons. The van der Waals surface area contributed by atoms with Crippen LogP contribution in [0.3, 0.4) is 0 Å². The van der Waals surface area contributed by atoms with Gasteiger partial charge in [0.2, 0.25) is 0 Å². The van der Waals surface area contributed by atoms with Gasteiger partial charge in [-0.25, -0.2) is 9.37 Å². The first-order valence-corrected chi connectivity index (χ1v) is 10.6. The van der Waals surface area contributed by atoms with Crippen LogP contribution in [0.15, 0.2) is 30.3 Å². The number of morpholine rings is 1. The van der Waals surface area contributed by atoms with Crippen molar-refractivity contribution >= 4 is 28.3 Å². The van der Waals surface area contributed by atoms with E-state index in [2.05, 4.69) is 4.98 Å². The molecule has 8 heteroatoms. The summed E-state index contributed by atoms with van der Waals surface area (Å²) in [6, 6.07) is 8.38. The van der Waals surface area contributed by atoms with E-state index in [1.54, 1.807) is 25.1 Å². The number of hydrogen-bond acceptors (Lipinski definition) is 6. The van der Waals surface area contributed by atoms with Gasteiger partial charge in [0.15, 0.2) is 0 Å². The van der Waals surface area contributed by atoms with Crippen molar-refractivity contribution in [1.82, 2.24) is 9.88 Å². The highest BCUT2D eigenvalue weighted by Crippen LogP contribution is 2.39. The predicted octanol–water partition coefficient (Wildman–Crippen LogP) is 4.01. The Bertz CT molecular complexity index is 1170. The number of ether oxygens (including phenoxy) is 2. The van der Waals surface area contributed by atoms with E-state index >= 15 is 0 Å². The van der Waals surface area contributed by atoms with Crippen molar-refractivity contribution in [2.45, 2.75) is 32.4 Å². The molecule has 0 spiro atoms. The number of aryl methyl sites for hydroxylation is 1. The number of halogens is 2. The third-order valence-corrected chi connectivity index (χ3v) is 6.50. The van der Waals surface area contributed by atoms with Crippen molar-refractivity contribution < 1.29 is 19.0 Å². The lowest BCUT2D eigenvalue weighted by molar-refractivity contribution is -0.0980. The van der Waals surface area contributed by atoms with Crippen molar-refractivity contribution in [1.29, 1.82) is 0 Å². The zero-order valence-corrected chi connectivity index (χ0v) is 17.8. The Balaban J connectivity index is 1.56. The first kappa shape index (κ1) is 20.6. The molecule has 6 nitrogen and oxygen atoms in total. The van der Waals surface area contributed by atoms with Crippen molar-refractivity contribution in [2.75, 3.05) is 25.5 Å². The second-order valence-electron chi connectivity index (χ2n) is 8.05. The van der Waals surface area contributed by atoms with Gasteiger partial charge in [-0.15, -0.1) is 0 Å². The zero-order valence-electron chi connectivity index (χ0n) is 17.1. The van der Waals surface area contributed by atoms with Crippen LogP contribution in [0.2, 0.25) is 5.02 Å². The summed E-state index contributed by atoms with van der Waals surface area (Å²) < 4.78 is 25.0. The highest BCUT2D eigenvalue weighted by atomic mass is 35.5. The summed E-state index contributed by atoms with van der Waals surface area (Å²) in [4.78, 5) is 6.40. The third kappa shape index (κ3) is 3.56. The van der Waals surface area contributed by atoms with Gasteiger partial charge in [-0.2, -0.15) is 0 Å². The molecule has 2 aromatic carbocycles. The van der Waals surface area contributed by atoms with E-state index in [0.29, 0.717) is 60.5 Å². The van der Waals surface area contributed by atoms with Gasteiger partial charge in [0.05, 0.1) is 38.0 Å². The van der Waals surface area contributed by atoms with E-state index in [1.165, 1.54) is 6.07 Å². The smallest absolute Gasteiger partial charge is 0.135 e. The number of aromatic nitrogens is 1. The fourth-order valence-electron chi connectivity index (χ4n) is 4.46. The van der Waals surface area contributed by atoms with E-state index in [9.17, 15) is 9.50 Å². The fourth-order valence-corrected chi connectivity index (χ4v) is 4.71. The SMILES string of the molecule is Cc1cc(C2COCCN2C(O)c2cc3c4c(c(N)nc3cc2Cl)COC4)ccc1F. The Kier molecular flexibility index (Phi) is 5.32. The number of rotatable bonds is 3. The van der Waals surface area contributed by atoms with Gasteiger partial charge in [0, 0.05) is 28.1 Å². The van der Waals surface area contributed by atoms with Crippen molar-refractivity contribution in [3.8, 4) is 0 Å². The number of aliphatic hydroxyl groups excluding tert-OH is 1. The molecule has 0 bridgehead atoms. The quantitative estimate of drug-likeness (QED) is 0.636. The monoisotopic (exact) mass is 443 g/mol. The number of hydrogen-bond donors (Lipinski definition) is 2. The van der Waals surface area contributed by atoms with Crippen LogP contribution in [0.25, 0.3) is 10.9 Å². The first-order valence-electron chi connectivity index (χ1n) is 10.2. The molecular weight excluding hydrogens is 421 g/mol. The Labute approximate surface area is 184 Å². The number of nitrogens with zero attached hydrogens (tertiary/aromatic N) is 2. The van der Waals surface area contributed by atoms with E-state index in [4.69, 9.17) is 26.8 Å². The lowest BCUT2D eigenvalue weighted by Gasteiger charge is -2.39. The number of anilines is 1. The van der Waals surface area contributed by atoms with E-state index < -0.39 is 6.23 Å². The number of pyridine rings is 1. The van der Waals surface area contributed by atoms with E-state index in [1.807, 2.05) is 11.0 Å². The van der Waals surface area contributed by atoms with Gasteiger partial charge in [-0.1, -0.05) is 23.7 Å². The van der Waals surface area contributed by atoms with E-state index in [-0.39, 0.29) is 11.9 Å². The predicted molar refractivity (Wildman–Crippen MR) is 116 cm³/mol. The summed E-state index contributed by atoms with van der Waals surface area (Å²) in [7, 11) is 0. The molecule has 5 rings (SSSR count).